The molecule has 0 bridgehead atoms. The number of hydrogen-bond donors (Lipinski definition) is 3. The lowest BCUT2D eigenvalue weighted by Gasteiger charge is -2.33. The maximum atomic E-state index is 11.6. The lowest BCUT2D eigenvalue weighted by Crippen LogP contribution is -2.32. The highest BCUT2D eigenvalue weighted by molar-refractivity contribution is 7.84. The van der Waals surface area contributed by atoms with Gasteiger partial charge in [-0.3, -0.25) is 4.18 Å². The number of anilines is 1. The highest BCUT2D eigenvalue weighted by Gasteiger charge is 2.38. The van der Waals surface area contributed by atoms with Crippen LogP contribution < -0.4 is 19.5 Å². The van der Waals surface area contributed by atoms with Crippen LogP contribution in [0, 0.1) is 0 Å². The highest BCUT2D eigenvalue weighted by atomic mass is 32.2. The molecule has 5 atom stereocenters. The van der Waals surface area contributed by atoms with Gasteiger partial charge in [0.1, 0.15) is 30.1 Å². The van der Waals surface area contributed by atoms with Gasteiger partial charge in [-0.2, -0.15) is 13.1 Å². The van der Waals surface area contributed by atoms with Gasteiger partial charge in [0, 0.05) is 33.1 Å². The zero-order chi connectivity index (χ0) is 24.3. The van der Waals surface area contributed by atoms with Gasteiger partial charge < -0.3 is 24.6 Å². The van der Waals surface area contributed by atoms with Crippen molar-refractivity contribution in [2.24, 2.45) is 0 Å². The number of methoxy groups -OCH3 is 2. The third-order valence-electron chi connectivity index (χ3n) is 6.22. The summed E-state index contributed by atoms with van der Waals surface area (Å²) >= 11 is 0. The Balaban J connectivity index is 1.47. The summed E-state index contributed by atoms with van der Waals surface area (Å²) in [6.07, 6.45) is 1.21. The molecular weight excluding hydrogens is 464 g/mol. The summed E-state index contributed by atoms with van der Waals surface area (Å²) in [5, 5.41) is 13.6. The van der Waals surface area contributed by atoms with Crippen LogP contribution in [-0.2, 0) is 25.6 Å². The van der Waals surface area contributed by atoms with Gasteiger partial charge >= 0.3 is 10.3 Å². The fraction of sp³-hybridized carbons (Fsp3) is 0.545. The number of aryl methyl sites for hydroxylation is 1. The summed E-state index contributed by atoms with van der Waals surface area (Å²) in [4.78, 5) is 8.50. The Labute approximate surface area is 199 Å². The van der Waals surface area contributed by atoms with Crippen LogP contribution in [0.25, 0.3) is 0 Å². The Bertz CT molecular complexity index is 1100. The highest BCUT2D eigenvalue weighted by Crippen LogP contribution is 2.36. The number of rotatable bonds is 9. The maximum Gasteiger partial charge on any atom is 0.335 e. The second-order valence-corrected chi connectivity index (χ2v) is 9.82. The number of aliphatic hydroxyl groups is 1. The average Bonchev–Trinajstić information content (AvgIpc) is 3.16. The summed E-state index contributed by atoms with van der Waals surface area (Å²) in [5.41, 5.74) is 2.31. The molecule has 1 saturated carbocycles. The van der Waals surface area contributed by atoms with E-state index in [1.807, 2.05) is 12.1 Å². The molecule has 0 radical (unpaired) electrons. The van der Waals surface area contributed by atoms with E-state index in [0.29, 0.717) is 11.7 Å². The Morgan fingerprint density at radius 3 is 2.68 bits per heavy atom. The molecule has 0 amide bonds. The standard InChI is InChI=1S/C22H30N4O7S/c1-23-34(28,29)33-19-10-15(9-17(19)27)32-21-11-20(24-12-25-21)26-22-16-8-14(30-2)6-4-13(16)5-7-18(22)31-3/h4,6,8,11-12,15,17-19,22-23,27H,5,7,9-10H2,1-3H3,(H,24,25,26)/t15-,17+,18+,19+,22-/m1/s1. The topological polar surface area (TPSA) is 141 Å². The second-order valence-electron chi connectivity index (χ2n) is 8.31. The van der Waals surface area contributed by atoms with Crippen LogP contribution in [-0.4, -0.2) is 69.2 Å². The molecule has 186 valence electrons. The summed E-state index contributed by atoms with van der Waals surface area (Å²) < 4.78 is 47.4. The molecule has 34 heavy (non-hydrogen) atoms. The number of nitrogens with one attached hydrogen (secondary N) is 2. The first kappa shape index (κ1) is 24.6. The minimum Gasteiger partial charge on any atom is -0.497 e. The lowest BCUT2D eigenvalue weighted by molar-refractivity contribution is 0.0634. The largest absolute Gasteiger partial charge is 0.497 e. The van der Waals surface area contributed by atoms with Gasteiger partial charge in [0.05, 0.1) is 25.4 Å². The molecule has 1 aromatic heterocycles. The first-order chi connectivity index (χ1) is 16.3. The van der Waals surface area contributed by atoms with Gasteiger partial charge in [0.25, 0.3) is 0 Å². The zero-order valence-corrected chi connectivity index (χ0v) is 20.1. The lowest BCUT2D eigenvalue weighted by atomic mass is 9.85. The molecule has 3 N–H and O–H groups in total. The van der Waals surface area contributed by atoms with Gasteiger partial charge in [0.15, 0.2) is 0 Å². The molecule has 0 saturated heterocycles. The first-order valence-electron chi connectivity index (χ1n) is 11.1. The molecule has 2 aliphatic carbocycles. The van der Waals surface area contributed by atoms with Gasteiger partial charge in [-0.15, -0.1) is 0 Å². The van der Waals surface area contributed by atoms with Gasteiger partial charge in [-0.1, -0.05) is 6.07 Å². The molecule has 12 heteroatoms. The molecule has 1 fully saturated rings. The third kappa shape index (κ3) is 5.58. The van der Waals surface area contributed by atoms with Crippen molar-refractivity contribution in [3.8, 4) is 11.6 Å². The van der Waals surface area contributed by atoms with Crippen LogP contribution in [0.2, 0.25) is 0 Å². The van der Waals surface area contributed by atoms with Crippen LogP contribution >= 0.6 is 0 Å². The van der Waals surface area contributed by atoms with Crippen LogP contribution in [0.4, 0.5) is 5.82 Å². The van der Waals surface area contributed by atoms with E-state index in [4.69, 9.17) is 18.4 Å². The van der Waals surface area contributed by atoms with E-state index in [1.54, 1.807) is 20.3 Å². The normalized spacial score (nSPS) is 26.6. The minimum absolute atomic E-state index is 0.0593. The van der Waals surface area contributed by atoms with Crippen molar-refractivity contribution in [3.05, 3.63) is 41.7 Å². The monoisotopic (exact) mass is 494 g/mol. The fourth-order valence-corrected chi connectivity index (χ4v) is 5.09. The van der Waals surface area contributed by atoms with Crippen molar-refractivity contribution in [1.82, 2.24) is 14.7 Å². The minimum atomic E-state index is -3.91. The summed E-state index contributed by atoms with van der Waals surface area (Å²) in [5.74, 6) is 1.63. The van der Waals surface area contributed by atoms with Crippen molar-refractivity contribution < 1.29 is 31.9 Å². The molecule has 1 aromatic carbocycles. The number of benzene rings is 1. The Kier molecular flexibility index (Phi) is 7.53. The number of ether oxygens (including phenoxy) is 3. The molecule has 11 nitrogen and oxygen atoms in total. The van der Waals surface area contributed by atoms with E-state index in [9.17, 15) is 13.5 Å². The third-order valence-corrected chi connectivity index (χ3v) is 7.22. The van der Waals surface area contributed by atoms with E-state index >= 15 is 0 Å². The predicted molar refractivity (Wildman–Crippen MR) is 123 cm³/mol. The Morgan fingerprint density at radius 1 is 1.12 bits per heavy atom. The SMILES string of the molecule is CNS(=O)(=O)O[C@H]1C[C@H](Oc2cc(N[C@@H]3c4cc(OC)ccc4CC[C@@H]3OC)ncn2)C[C@@H]1O. The number of nitrogens with zero attached hydrogens (tertiary/aromatic N) is 2. The van der Waals surface area contributed by atoms with E-state index in [0.717, 1.165) is 24.2 Å². The zero-order valence-electron chi connectivity index (χ0n) is 19.3. The molecule has 0 unspecified atom stereocenters. The summed E-state index contributed by atoms with van der Waals surface area (Å²) in [6.45, 7) is 0. The fourth-order valence-electron chi connectivity index (χ4n) is 4.46. The van der Waals surface area contributed by atoms with Gasteiger partial charge in [-0.25, -0.2) is 9.97 Å². The Morgan fingerprint density at radius 2 is 1.94 bits per heavy atom. The molecule has 1 heterocycles. The van der Waals surface area contributed by atoms with Crippen molar-refractivity contribution in [3.63, 3.8) is 0 Å². The van der Waals surface area contributed by atoms with Gasteiger partial charge in [-0.05, 0) is 36.1 Å². The maximum absolute atomic E-state index is 11.6. The summed E-state index contributed by atoms with van der Waals surface area (Å²) in [6, 6.07) is 7.56. The van der Waals surface area contributed by atoms with Crippen molar-refractivity contribution >= 4 is 16.1 Å². The van der Waals surface area contributed by atoms with E-state index < -0.39 is 28.6 Å². The summed E-state index contributed by atoms with van der Waals surface area (Å²) in [7, 11) is 0.660. The van der Waals surface area contributed by atoms with E-state index in [1.165, 1.54) is 18.9 Å². The first-order valence-corrected chi connectivity index (χ1v) is 12.5. The molecular formula is C22H30N4O7S. The van der Waals surface area contributed by atoms with Crippen LogP contribution in [0.1, 0.15) is 36.4 Å². The van der Waals surface area contributed by atoms with Crippen LogP contribution in [0.15, 0.2) is 30.6 Å². The Hall–Kier alpha value is -2.51. The smallest absolute Gasteiger partial charge is 0.335 e. The number of fused-ring (bicyclic) bond motifs is 1. The predicted octanol–water partition coefficient (Wildman–Crippen LogP) is 1.35. The number of hydrogen-bond acceptors (Lipinski definition) is 10. The number of aliphatic hydroxyl groups excluding tert-OH is 1. The second kappa shape index (κ2) is 10.4. The quantitative estimate of drug-likeness (QED) is 0.468. The molecule has 2 aromatic rings. The number of aromatic nitrogens is 2. The van der Waals surface area contributed by atoms with E-state index in [-0.39, 0.29) is 25.0 Å². The molecule has 0 aliphatic heterocycles. The molecule has 0 spiro atoms. The van der Waals surface area contributed by atoms with Crippen molar-refractivity contribution in [2.75, 3.05) is 26.6 Å². The molecule has 2 aliphatic rings. The van der Waals surface area contributed by atoms with Crippen LogP contribution in [0.3, 0.4) is 0 Å². The van der Waals surface area contributed by atoms with Crippen molar-refractivity contribution in [1.29, 1.82) is 0 Å². The van der Waals surface area contributed by atoms with Crippen LogP contribution in [0.5, 0.6) is 11.6 Å². The molecule has 4 rings (SSSR count). The van der Waals surface area contributed by atoms with Gasteiger partial charge in [0.2, 0.25) is 5.88 Å². The van der Waals surface area contributed by atoms with Crippen molar-refractivity contribution in [2.45, 2.75) is 56.1 Å². The van der Waals surface area contributed by atoms with E-state index in [2.05, 4.69) is 26.1 Å². The average molecular weight is 495 g/mol.